The van der Waals surface area contributed by atoms with E-state index in [0.717, 1.165) is 27.6 Å². The minimum atomic E-state index is 0.0199. The Bertz CT molecular complexity index is 485. The Morgan fingerprint density at radius 3 is 2.76 bits per heavy atom. The Morgan fingerprint density at radius 2 is 2.12 bits per heavy atom. The Kier molecular flexibility index (Phi) is 4.12. The predicted molar refractivity (Wildman–Crippen MR) is 69.8 cm³/mol. The Hall–Kier alpha value is -1.39. The van der Waals surface area contributed by atoms with E-state index in [1.165, 1.54) is 0 Å². The molecule has 0 unspecified atom stereocenters. The first-order valence-electron chi connectivity index (χ1n) is 5.49. The number of aliphatic hydroxyl groups excluding tert-OH is 1. The fraction of sp³-hybridized carbons (Fsp3) is 0.231. The number of thioether (sulfide) groups is 1. The summed E-state index contributed by atoms with van der Waals surface area (Å²) in [6.07, 6.45) is 3.46. The van der Waals surface area contributed by atoms with Crippen LogP contribution >= 0.6 is 11.8 Å². The monoisotopic (exact) mass is 246 g/mol. The van der Waals surface area contributed by atoms with E-state index < -0.39 is 0 Å². The summed E-state index contributed by atoms with van der Waals surface area (Å²) in [5.41, 5.74) is 2.57. The van der Waals surface area contributed by atoms with Gasteiger partial charge in [0.15, 0.2) is 0 Å². The van der Waals surface area contributed by atoms with Crippen molar-refractivity contribution in [2.75, 3.05) is 5.75 Å². The molecular formula is C13H14N2OS. The van der Waals surface area contributed by atoms with Crippen molar-refractivity contribution in [3.63, 3.8) is 0 Å². The topological polar surface area (TPSA) is 46.0 Å². The number of hydrogen-bond acceptors (Lipinski definition) is 4. The zero-order valence-corrected chi connectivity index (χ0v) is 10.4. The van der Waals surface area contributed by atoms with E-state index in [1.807, 2.05) is 18.2 Å². The first-order chi connectivity index (χ1) is 8.35. The van der Waals surface area contributed by atoms with Gasteiger partial charge in [-0.25, -0.2) is 0 Å². The van der Waals surface area contributed by atoms with Crippen molar-refractivity contribution < 1.29 is 5.11 Å². The molecule has 4 heteroatoms. The Morgan fingerprint density at radius 1 is 1.24 bits per heavy atom. The van der Waals surface area contributed by atoms with Crippen molar-refractivity contribution in [2.45, 2.75) is 18.4 Å². The van der Waals surface area contributed by atoms with Crippen LogP contribution in [-0.2, 0) is 6.61 Å². The molecule has 0 saturated heterocycles. The fourth-order valence-electron chi connectivity index (χ4n) is 1.51. The minimum Gasteiger partial charge on any atom is -0.392 e. The zero-order valence-electron chi connectivity index (χ0n) is 9.63. The van der Waals surface area contributed by atoms with Crippen molar-refractivity contribution in [1.82, 2.24) is 9.97 Å². The van der Waals surface area contributed by atoms with Crippen molar-refractivity contribution in [2.24, 2.45) is 0 Å². The van der Waals surface area contributed by atoms with E-state index in [4.69, 9.17) is 5.11 Å². The number of nitrogens with zero attached hydrogens (tertiary/aromatic N) is 2. The van der Waals surface area contributed by atoms with Gasteiger partial charge in [-0.1, -0.05) is 13.0 Å². The largest absolute Gasteiger partial charge is 0.392 e. The summed E-state index contributed by atoms with van der Waals surface area (Å²) < 4.78 is 0. The summed E-state index contributed by atoms with van der Waals surface area (Å²) in [6, 6.07) is 7.76. The third kappa shape index (κ3) is 2.84. The van der Waals surface area contributed by atoms with Crippen LogP contribution in [0.2, 0.25) is 0 Å². The molecule has 2 heterocycles. The average molecular weight is 246 g/mol. The van der Waals surface area contributed by atoms with Crippen LogP contribution in [0.25, 0.3) is 11.4 Å². The molecule has 0 aliphatic heterocycles. The number of rotatable bonds is 4. The lowest BCUT2D eigenvalue weighted by molar-refractivity contribution is 0.281. The standard InChI is InChI=1S/C13H14N2OS/c1-2-17-12-4-3-7-14-13(12)11-6-5-10(9-16)8-15-11/h3-8,16H,2,9H2,1H3. The summed E-state index contributed by atoms with van der Waals surface area (Å²) in [4.78, 5) is 9.84. The van der Waals surface area contributed by atoms with Crippen LogP contribution in [0.15, 0.2) is 41.6 Å². The predicted octanol–water partition coefficient (Wildman–Crippen LogP) is 2.75. The summed E-state index contributed by atoms with van der Waals surface area (Å²) >= 11 is 1.75. The maximum atomic E-state index is 8.98. The highest BCUT2D eigenvalue weighted by molar-refractivity contribution is 7.99. The number of aromatic nitrogens is 2. The highest BCUT2D eigenvalue weighted by Crippen LogP contribution is 2.27. The maximum absolute atomic E-state index is 8.98. The van der Waals surface area contributed by atoms with Gasteiger partial charge in [0.25, 0.3) is 0 Å². The normalized spacial score (nSPS) is 10.5. The molecule has 0 atom stereocenters. The second kappa shape index (κ2) is 5.80. The van der Waals surface area contributed by atoms with Crippen LogP contribution in [0.3, 0.4) is 0 Å². The smallest absolute Gasteiger partial charge is 0.102 e. The molecule has 0 fully saturated rings. The first-order valence-corrected chi connectivity index (χ1v) is 6.47. The van der Waals surface area contributed by atoms with Crippen molar-refractivity contribution in [1.29, 1.82) is 0 Å². The second-order valence-corrected chi connectivity index (χ2v) is 4.80. The van der Waals surface area contributed by atoms with E-state index in [2.05, 4.69) is 23.0 Å². The van der Waals surface area contributed by atoms with Gasteiger partial charge in [0.1, 0.15) is 5.69 Å². The van der Waals surface area contributed by atoms with Gasteiger partial charge in [-0.05, 0) is 29.5 Å². The number of aliphatic hydroxyl groups is 1. The SMILES string of the molecule is CCSc1cccnc1-c1ccc(CO)cn1. The van der Waals surface area contributed by atoms with Gasteiger partial charge in [0, 0.05) is 17.3 Å². The number of hydrogen-bond donors (Lipinski definition) is 1. The molecule has 17 heavy (non-hydrogen) atoms. The van der Waals surface area contributed by atoms with Crippen molar-refractivity contribution >= 4 is 11.8 Å². The van der Waals surface area contributed by atoms with E-state index in [0.29, 0.717) is 0 Å². The molecule has 0 amide bonds. The van der Waals surface area contributed by atoms with Gasteiger partial charge in [0.05, 0.1) is 12.3 Å². The molecule has 0 aromatic carbocycles. The molecule has 0 saturated carbocycles. The summed E-state index contributed by atoms with van der Waals surface area (Å²) in [5.74, 6) is 1.01. The van der Waals surface area contributed by atoms with E-state index >= 15 is 0 Å². The minimum absolute atomic E-state index is 0.0199. The Labute approximate surface area is 105 Å². The van der Waals surface area contributed by atoms with Gasteiger partial charge in [-0.2, -0.15) is 0 Å². The van der Waals surface area contributed by atoms with E-state index in [9.17, 15) is 0 Å². The Balaban J connectivity index is 2.37. The highest BCUT2D eigenvalue weighted by Gasteiger charge is 2.07. The first kappa shape index (κ1) is 12.1. The maximum Gasteiger partial charge on any atom is 0.102 e. The van der Waals surface area contributed by atoms with Crippen LogP contribution < -0.4 is 0 Å². The fourth-order valence-corrected chi connectivity index (χ4v) is 2.29. The zero-order chi connectivity index (χ0) is 12.1. The lowest BCUT2D eigenvalue weighted by atomic mass is 10.2. The molecule has 3 nitrogen and oxygen atoms in total. The highest BCUT2D eigenvalue weighted by atomic mass is 32.2. The van der Waals surface area contributed by atoms with Gasteiger partial charge in [0.2, 0.25) is 0 Å². The lowest BCUT2D eigenvalue weighted by Gasteiger charge is -2.06. The van der Waals surface area contributed by atoms with Crippen molar-refractivity contribution in [3.8, 4) is 11.4 Å². The van der Waals surface area contributed by atoms with Crippen LogP contribution in [0, 0.1) is 0 Å². The molecule has 2 rings (SSSR count). The van der Waals surface area contributed by atoms with Crippen LogP contribution in [0.4, 0.5) is 0 Å². The van der Waals surface area contributed by atoms with Gasteiger partial charge in [-0.3, -0.25) is 9.97 Å². The van der Waals surface area contributed by atoms with Crippen LogP contribution in [0.1, 0.15) is 12.5 Å². The van der Waals surface area contributed by atoms with Gasteiger partial charge >= 0.3 is 0 Å². The quantitative estimate of drug-likeness (QED) is 0.843. The molecule has 0 aliphatic rings. The molecule has 0 radical (unpaired) electrons. The second-order valence-electron chi connectivity index (χ2n) is 3.49. The molecule has 88 valence electrons. The average Bonchev–Trinajstić information content (AvgIpc) is 2.40. The summed E-state index contributed by atoms with van der Waals surface area (Å²) in [7, 11) is 0. The van der Waals surface area contributed by atoms with E-state index in [1.54, 1.807) is 24.2 Å². The summed E-state index contributed by atoms with van der Waals surface area (Å²) in [5, 5.41) is 8.98. The third-order valence-electron chi connectivity index (χ3n) is 2.32. The van der Waals surface area contributed by atoms with Crippen LogP contribution in [0.5, 0.6) is 0 Å². The summed E-state index contributed by atoms with van der Waals surface area (Å²) in [6.45, 7) is 2.13. The molecule has 0 aliphatic carbocycles. The molecule has 1 N–H and O–H groups in total. The molecular weight excluding hydrogens is 232 g/mol. The van der Waals surface area contributed by atoms with Crippen LogP contribution in [-0.4, -0.2) is 20.8 Å². The van der Waals surface area contributed by atoms with Gasteiger partial charge < -0.3 is 5.11 Å². The third-order valence-corrected chi connectivity index (χ3v) is 3.25. The molecule has 2 aromatic rings. The molecule has 0 bridgehead atoms. The van der Waals surface area contributed by atoms with E-state index in [-0.39, 0.29) is 6.61 Å². The van der Waals surface area contributed by atoms with Crippen molar-refractivity contribution in [3.05, 3.63) is 42.2 Å². The van der Waals surface area contributed by atoms with Gasteiger partial charge in [-0.15, -0.1) is 11.8 Å². The number of pyridine rings is 2. The molecule has 0 spiro atoms. The lowest BCUT2D eigenvalue weighted by Crippen LogP contribution is -1.92. The molecule has 2 aromatic heterocycles.